The molecule has 0 bridgehead atoms. The molecule has 21 heavy (non-hydrogen) atoms. The maximum absolute atomic E-state index is 13.1. The first kappa shape index (κ1) is 13.9. The highest BCUT2D eigenvalue weighted by atomic mass is 19.4. The van der Waals surface area contributed by atoms with Crippen molar-refractivity contribution in [3.63, 3.8) is 0 Å². The minimum absolute atomic E-state index is 0.190. The van der Waals surface area contributed by atoms with E-state index in [4.69, 9.17) is 0 Å². The van der Waals surface area contributed by atoms with Gasteiger partial charge in [0.25, 0.3) is 0 Å². The van der Waals surface area contributed by atoms with E-state index >= 15 is 0 Å². The second-order valence-corrected chi connectivity index (χ2v) is 4.70. The van der Waals surface area contributed by atoms with Crippen molar-refractivity contribution >= 4 is 11.5 Å². The van der Waals surface area contributed by atoms with Crippen LogP contribution in [-0.4, -0.2) is 16.1 Å². The van der Waals surface area contributed by atoms with Gasteiger partial charge < -0.3 is 15.2 Å². The molecule has 2 N–H and O–H groups in total. The molecule has 1 aliphatic rings. The monoisotopic (exact) mass is 300 g/mol. The number of aromatic nitrogens is 2. The van der Waals surface area contributed by atoms with Crippen LogP contribution in [0.2, 0.25) is 0 Å². The molecule has 0 aliphatic carbocycles. The number of nitrogens with one attached hydrogen (secondary N) is 2. The van der Waals surface area contributed by atoms with Crippen LogP contribution in [-0.2, 0) is 19.3 Å². The first-order valence-electron chi connectivity index (χ1n) is 6.34. The fourth-order valence-corrected chi connectivity index (χ4v) is 2.29. The van der Waals surface area contributed by atoms with Gasteiger partial charge in [0.15, 0.2) is 0 Å². The number of hydrogen-bond donors (Lipinski definition) is 2. The maximum Gasteiger partial charge on any atom is 0.418 e. The zero-order chi connectivity index (χ0) is 15.0. The van der Waals surface area contributed by atoms with Crippen LogP contribution in [0.3, 0.4) is 0 Å². The van der Waals surface area contributed by atoms with Crippen LogP contribution in [0.4, 0.5) is 29.1 Å². The molecule has 4 nitrogen and oxygen atoms in total. The third-order valence-corrected chi connectivity index (χ3v) is 3.28. The van der Waals surface area contributed by atoms with E-state index in [1.807, 2.05) is 0 Å². The van der Waals surface area contributed by atoms with E-state index in [0.29, 0.717) is 31.5 Å². The summed E-state index contributed by atoms with van der Waals surface area (Å²) in [6, 6.07) is 2.56. The van der Waals surface area contributed by atoms with Crippen molar-refractivity contribution in [2.45, 2.75) is 19.3 Å². The molecule has 0 unspecified atom stereocenters. The summed E-state index contributed by atoms with van der Waals surface area (Å²) in [7, 11) is 0. The van der Waals surface area contributed by atoms with Gasteiger partial charge in [-0.15, -0.1) is 0 Å². The number of benzene rings is 1. The largest absolute Gasteiger partial charge is 0.418 e. The average Bonchev–Trinajstić information content (AvgIpc) is 2.83. The molecular formula is C13H12F4N4. The van der Waals surface area contributed by atoms with Gasteiger partial charge in [0, 0.05) is 13.1 Å². The lowest BCUT2D eigenvalue weighted by molar-refractivity contribution is -0.137. The van der Waals surface area contributed by atoms with Crippen LogP contribution in [0.15, 0.2) is 24.4 Å². The van der Waals surface area contributed by atoms with Crippen LogP contribution in [0, 0.1) is 5.82 Å². The lowest BCUT2D eigenvalue weighted by Crippen LogP contribution is -2.28. The zero-order valence-electron chi connectivity index (χ0n) is 10.8. The molecular weight excluding hydrogens is 288 g/mol. The molecule has 0 atom stereocenters. The Kier molecular flexibility index (Phi) is 3.32. The highest BCUT2D eigenvalue weighted by molar-refractivity contribution is 5.61. The van der Waals surface area contributed by atoms with Gasteiger partial charge in [-0.3, -0.25) is 0 Å². The number of halogens is 4. The van der Waals surface area contributed by atoms with Crippen LogP contribution in [0.5, 0.6) is 0 Å². The number of rotatable bonds is 2. The van der Waals surface area contributed by atoms with E-state index in [9.17, 15) is 17.6 Å². The van der Waals surface area contributed by atoms with E-state index in [1.54, 1.807) is 4.57 Å². The van der Waals surface area contributed by atoms with Crippen LogP contribution in [0.1, 0.15) is 11.4 Å². The lowest BCUT2D eigenvalue weighted by atomic mass is 10.1. The molecule has 1 aromatic heterocycles. The van der Waals surface area contributed by atoms with E-state index in [0.717, 1.165) is 18.0 Å². The van der Waals surface area contributed by atoms with Crippen LogP contribution < -0.4 is 10.6 Å². The number of alkyl halides is 3. The summed E-state index contributed by atoms with van der Waals surface area (Å²) in [6.45, 7) is 1.89. The number of hydrogen-bond acceptors (Lipinski definition) is 3. The minimum atomic E-state index is -4.63. The highest BCUT2D eigenvalue weighted by Crippen LogP contribution is 2.36. The van der Waals surface area contributed by atoms with E-state index in [1.165, 1.54) is 6.20 Å². The average molecular weight is 300 g/mol. The molecule has 3 rings (SSSR count). The standard InChI is InChI=1S/C13H12F4N4/c14-8-1-2-10(9(5-8)13(15,16)17)20-12-7-19-11-6-18-3-4-21(11)12/h1-2,5,7,18,20H,3-4,6H2. The van der Waals surface area contributed by atoms with E-state index < -0.39 is 17.6 Å². The summed E-state index contributed by atoms with van der Waals surface area (Å²) in [5.41, 5.74) is -1.22. The normalized spacial score (nSPS) is 14.9. The minimum Gasteiger partial charge on any atom is -0.340 e. The molecule has 0 amide bonds. The quantitative estimate of drug-likeness (QED) is 0.838. The van der Waals surface area contributed by atoms with Crippen molar-refractivity contribution in [3.05, 3.63) is 41.6 Å². The smallest absolute Gasteiger partial charge is 0.340 e. The van der Waals surface area contributed by atoms with Gasteiger partial charge >= 0.3 is 6.18 Å². The van der Waals surface area contributed by atoms with Gasteiger partial charge in [-0.25, -0.2) is 9.37 Å². The Morgan fingerprint density at radius 1 is 1.29 bits per heavy atom. The zero-order valence-corrected chi connectivity index (χ0v) is 10.8. The second-order valence-electron chi connectivity index (χ2n) is 4.70. The Morgan fingerprint density at radius 2 is 2.10 bits per heavy atom. The number of anilines is 2. The van der Waals surface area contributed by atoms with Crippen LogP contribution in [0.25, 0.3) is 0 Å². The highest BCUT2D eigenvalue weighted by Gasteiger charge is 2.34. The van der Waals surface area contributed by atoms with Crippen LogP contribution >= 0.6 is 0 Å². The van der Waals surface area contributed by atoms with Gasteiger partial charge in [-0.2, -0.15) is 13.2 Å². The van der Waals surface area contributed by atoms with E-state index in [-0.39, 0.29) is 5.69 Å². The second kappa shape index (κ2) is 5.03. The first-order chi connectivity index (χ1) is 9.95. The summed E-state index contributed by atoms with van der Waals surface area (Å²) in [5.74, 6) is 0.287. The molecule has 2 heterocycles. The van der Waals surface area contributed by atoms with Crippen molar-refractivity contribution in [1.82, 2.24) is 14.9 Å². The van der Waals surface area contributed by atoms with Crippen molar-refractivity contribution in [2.75, 3.05) is 11.9 Å². The molecule has 1 aliphatic heterocycles. The molecule has 0 saturated heterocycles. The van der Waals surface area contributed by atoms with Crippen molar-refractivity contribution in [2.24, 2.45) is 0 Å². The van der Waals surface area contributed by atoms with Crippen molar-refractivity contribution in [3.8, 4) is 0 Å². The Hall–Kier alpha value is -2.09. The molecule has 2 aromatic rings. The Balaban J connectivity index is 1.97. The molecule has 8 heteroatoms. The van der Waals surface area contributed by atoms with Gasteiger partial charge in [0.2, 0.25) is 0 Å². The Bertz CT molecular complexity index is 663. The third kappa shape index (κ3) is 2.71. The molecule has 0 radical (unpaired) electrons. The van der Waals surface area contributed by atoms with Crippen molar-refractivity contribution < 1.29 is 17.6 Å². The van der Waals surface area contributed by atoms with Crippen molar-refractivity contribution in [1.29, 1.82) is 0 Å². The predicted octanol–water partition coefficient (Wildman–Crippen LogP) is 2.89. The van der Waals surface area contributed by atoms with Gasteiger partial charge in [0.1, 0.15) is 17.5 Å². The Labute approximate surface area is 117 Å². The lowest BCUT2D eigenvalue weighted by Gasteiger charge is -2.19. The maximum atomic E-state index is 13.1. The molecule has 0 saturated carbocycles. The number of nitrogens with zero attached hydrogens (tertiary/aromatic N) is 2. The summed E-state index contributed by atoms with van der Waals surface area (Å²) in [5, 5.41) is 5.82. The van der Waals surface area contributed by atoms with Gasteiger partial charge in [-0.05, 0) is 18.2 Å². The van der Waals surface area contributed by atoms with Gasteiger partial charge in [0.05, 0.1) is 24.0 Å². The van der Waals surface area contributed by atoms with Gasteiger partial charge in [-0.1, -0.05) is 0 Å². The molecule has 112 valence electrons. The Morgan fingerprint density at radius 3 is 2.86 bits per heavy atom. The fourth-order valence-electron chi connectivity index (χ4n) is 2.29. The summed E-state index contributed by atoms with van der Waals surface area (Å²) < 4.78 is 53.8. The molecule has 0 fully saturated rings. The third-order valence-electron chi connectivity index (χ3n) is 3.28. The van der Waals surface area contributed by atoms with E-state index in [2.05, 4.69) is 15.6 Å². The summed E-state index contributed by atoms with van der Waals surface area (Å²) in [6.07, 6.45) is -3.15. The number of fused-ring (bicyclic) bond motifs is 1. The first-order valence-corrected chi connectivity index (χ1v) is 6.34. The summed E-state index contributed by atoms with van der Waals surface area (Å²) >= 11 is 0. The SMILES string of the molecule is Fc1ccc(Nc2cnc3n2CCNC3)c(C(F)(F)F)c1. The summed E-state index contributed by atoms with van der Waals surface area (Å²) in [4.78, 5) is 4.14. The fraction of sp³-hybridized carbons (Fsp3) is 0.308. The number of imidazole rings is 1. The predicted molar refractivity (Wildman–Crippen MR) is 68.6 cm³/mol. The topological polar surface area (TPSA) is 41.9 Å². The molecule has 1 aromatic carbocycles. The molecule has 0 spiro atoms.